The van der Waals surface area contributed by atoms with E-state index < -0.39 is 23.9 Å². The van der Waals surface area contributed by atoms with Crippen LogP contribution in [0.1, 0.15) is 38.7 Å². The maximum atomic E-state index is 13.9. The van der Waals surface area contributed by atoms with E-state index in [2.05, 4.69) is 5.10 Å². The molecule has 0 radical (unpaired) electrons. The lowest BCUT2D eigenvalue weighted by Crippen LogP contribution is -2.44. The van der Waals surface area contributed by atoms with Gasteiger partial charge in [0.2, 0.25) is 11.8 Å². The first kappa shape index (κ1) is 21.7. The number of anilines is 1. The minimum Gasteiger partial charge on any atom is -0.292 e. The fourth-order valence-corrected chi connectivity index (χ4v) is 5.87. The number of halogens is 1. The van der Waals surface area contributed by atoms with Crippen LogP contribution >= 0.6 is 11.6 Å². The van der Waals surface area contributed by atoms with Gasteiger partial charge in [0, 0.05) is 10.6 Å². The van der Waals surface area contributed by atoms with E-state index in [0.717, 1.165) is 22.3 Å². The van der Waals surface area contributed by atoms with Gasteiger partial charge in [-0.15, -0.1) is 0 Å². The number of carbonyl (C=O) groups is 3. The maximum Gasteiger partial charge on any atom is 0.240 e. The molecule has 0 bridgehead atoms. The van der Waals surface area contributed by atoms with E-state index in [4.69, 9.17) is 11.6 Å². The fraction of sp³-hybridized carbons (Fsp3) is 0.214. The third-order valence-electron chi connectivity index (χ3n) is 7.28. The number of aryl methyl sites for hydroxylation is 2. The summed E-state index contributed by atoms with van der Waals surface area (Å²) in [5, 5.41) is 6.78. The second-order valence-corrected chi connectivity index (χ2v) is 9.80. The van der Waals surface area contributed by atoms with Crippen LogP contribution in [0.3, 0.4) is 0 Å². The second-order valence-electron chi connectivity index (χ2n) is 9.37. The van der Waals surface area contributed by atoms with E-state index in [0.29, 0.717) is 16.3 Å². The quantitative estimate of drug-likeness (QED) is 0.399. The van der Waals surface area contributed by atoms with E-state index in [9.17, 15) is 14.4 Å². The lowest BCUT2D eigenvalue weighted by Gasteiger charge is -2.34. The summed E-state index contributed by atoms with van der Waals surface area (Å²) in [7, 11) is 0. The molecule has 0 aromatic heterocycles. The topological polar surface area (TPSA) is 70.1 Å². The number of nitrogens with zero attached hydrogens (tertiary/aromatic N) is 3. The highest BCUT2D eigenvalue weighted by Gasteiger charge is 2.65. The Balaban J connectivity index is 1.50. The molecular formula is C28H22ClN3O3. The van der Waals surface area contributed by atoms with Crippen LogP contribution in [0.15, 0.2) is 71.8 Å². The van der Waals surface area contributed by atoms with Gasteiger partial charge in [-0.1, -0.05) is 53.6 Å². The van der Waals surface area contributed by atoms with Gasteiger partial charge in [-0.05, 0) is 60.9 Å². The molecule has 0 N–H and O–H groups in total. The van der Waals surface area contributed by atoms with Crippen molar-refractivity contribution in [3.63, 3.8) is 0 Å². The minimum absolute atomic E-state index is 0.251. The molecule has 3 aliphatic rings. The van der Waals surface area contributed by atoms with Crippen molar-refractivity contribution in [3.8, 4) is 0 Å². The predicted octanol–water partition coefficient (Wildman–Crippen LogP) is 4.72. The second kappa shape index (κ2) is 7.89. The lowest BCUT2D eigenvalue weighted by atomic mass is 9.83. The van der Waals surface area contributed by atoms with Crippen LogP contribution in [-0.4, -0.2) is 34.9 Å². The summed E-state index contributed by atoms with van der Waals surface area (Å²) in [6.07, 6.45) is 1.70. The Morgan fingerprint density at radius 2 is 1.63 bits per heavy atom. The molecule has 35 heavy (non-hydrogen) atoms. The van der Waals surface area contributed by atoms with Crippen molar-refractivity contribution in [2.24, 2.45) is 16.9 Å². The largest absolute Gasteiger partial charge is 0.292 e. The van der Waals surface area contributed by atoms with Gasteiger partial charge in [-0.2, -0.15) is 5.10 Å². The molecule has 4 atom stereocenters. The van der Waals surface area contributed by atoms with Gasteiger partial charge in [0.05, 0.1) is 29.8 Å². The third-order valence-corrected chi connectivity index (χ3v) is 7.54. The van der Waals surface area contributed by atoms with Gasteiger partial charge in [0.25, 0.3) is 0 Å². The Bertz CT molecular complexity index is 1430. The summed E-state index contributed by atoms with van der Waals surface area (Å²) < 4.78 is 0. The molecule has 0 spiro atoms. The highest BCUT2D eigenvalue weighted by Crippen LogP contribution is 2.53. The Morgan fingerprint density at radius 3 is 2.37 bits per heavy atom. The Labute approximate surface area is 207 Å². The molecule has 3 aromatic rings. The molecule has 2 amide bonds. The number of hydrogen-bond acceptors (Lipinski definition) is 5. The fourth-order valence-electron chi connectivity index (χ4n) is 5.75. The van der Waals surface area contributed by atoms with E-state index in [1.54, 1.807) is 35.5 Å². The summed E-state index contributed by atoms with van der Waals surface area (Å²) in [6.45, 7) is 3.86. The first-order valence-electron chi connectivity index (χ1n) is 11.5. The molecule has 0 saturated carbocycles. The lowest BCUT2D eigenvalue weighted by molar-refractivity contribution is -0.124. The molecule has 174 valence electrons. The number of rotatable bonds is 3. The minimum atomic E-state index is -0.900. The summed E-state index contributed by atoms with van der Waals surface area (Å²) in [5.74, 6) is -2.47. The molecule has 3 aliphatic heterocycles. The molecule has 2 fully saturated rings. The predicted molar refractivity (Wildman–Crippen MR) is 134 cm³/mol. The van der Waals surface area contributed by atoms with Gasteiger partial charge in [-0.25, -0.2) is 4.90 Å². The van der Waals surface area contributed by atoms with Gasteiger partial charge in [0.1, 0.15) is 6.04 Å². The summed E-state index contributed by atoms with van der Waals surface area (Å²) >= 11 is 6.04. The van der Waals surface area contributed by atoms with Crippen LogP contribution in [0, 0.1) is 25.7 Å². The highest BCUT2D eigenvalue weighted by atomic mass is 35.5. The average Bonchev–Trinajstić information content (AvgIpc) is 3.32. The average molecular weight is 484 g/mol. The van der Waals surface area contributed by atoms with Crippen LogP contribution in [0.4, 0.5) is 5.69 Å². The molecule has 2 saturated heterocycles. The number of Topliss-reactive ketones (excluding diaryl/α,β-unsaturated/α-hetero) is 1. The molecule has 1 unspecified atom stereocenters. The van der Waals surface area contributed by atoms with Crippen LogP contribution in [-0.2, 0) is 9.59 Å². The van der Waals surface area contributed by atoms with Crippen molar-refractivity contribution in [1.29, 1.82) is 0 Å². The zero-order valence-corrected chi connectivity index (χ0v) is 19.9. The molecule has 3 heterocycles. The number of hydrazone groups is 1. The molecule has 6 rings (SSSR count). The van der Waals surface area contributed by atoms with Crippen LogP contribution in [0.2, 0.25) is 5.02 Å². The Morgan fingerprint density at radius 1 is 0.914 bits per heavy atom. The number of fused-ring (bicyclic) bond motifs is 5. The van der Waals surface area contributed by atoms with Crippen molar-refractivity contribution in [3.05, 3.63) is 99.6 Å². The summed E-state index contributed by atoms with van der Waals surface area (Å²) in [6, 6.07) is 18.5. The summed E-state index contributed by atoms with van der Waals surface area (Å²) in [5.41, 5.74) is 4.66. The van der Waals surface area contributed by atoms with E-state index in [1.807, 2.05) is 56.3 Å². The van der Waals surface area contributed by atoms with Gasteiger partial charge >= 0.3 is 0 Å². The van der Waals surface area contributed by atoms with Crippen molar-refractivity contribution in [2.45, 2.75) is 25.9 Å². The van der Waals surface area contributed by atoms with Crippen LogP contribution in [0.25, 0.3) is 0 Å². The first-order chi connectivity index (χ1) is 16.9. The molecule has 3 aromatic carbocycles. The highest BCUT2D eigenvalue weighted by molar-refractivity contribution is 6.30. The number of hydrogen-bond donors (Lipinski definition) is 0. The van der Waals surface area contributed by atoms with Gasteiger partial charge < -0.3 is 0 Å². The van der Waals surface area contributed by atoms with Gasteiger partial charge in [-0.3, -0.25) is 19.4 Å². The van der Waals surface area contributed by atoms with Gasteiger partial charge in [0.15, 0.2) is 5.78 Å². The van der Waals surface area contributed by atoms with E-state index in [1.165, 1.54) is 4.90 Å². The number of amides is 2. The molecule has 0 aliphatic carbocycles. The maximum absolute atomic E-state index is 13.9. The van der Waals surface area contributed by atoms with Crippen LogP contribution in [0.5, 0.6) is 0 Å². The monoisotopic (exact) mass is 483 g/mol. The third kappa shape index (κ3) is 3.17. The Hall–Kier alpha value is -3.77. The molecule has 7 heteroatoms. The SMILES string of the molecule is Cc1ccc(N2C(=O)[C@@H]3[C@H](C2=O)C2c4ccccc4C=NN2[C@@H]3C(=O)c2ccc(Cl)cc2)c(C)c1. The van der Waals surface area contributed by atoms with E-state index in [-0.39, 0.29) is 17.6 Å². The smallest absolute Gasteiger partial charge is 0.240 e. The van der Waals surface area contributed by atoms with Crippen molar-refractivity contribution >= 4 is 41.1 Å². The number of imide groups is 1. The molecular weight excluding hydrogens is 462 g/mol. The number of benzene rings is 3. The Kier molecular flexibility index (Phi) is 4.90. The van der Waals surface area contributed by atoms with Crippen molar-refractivity contribution in [1.82, 2.24) is 5.01 Å². The van der Waals surface area contributed by atoms with Crippen molar-refractivity contribution in [2.75, 3.05) is 4.90 Å². The zero-order chi connectivity index (χ0) is 24.4. The zero-order valence-electron chi connectivity index (χ0n) is 19.2. The van der Waals surface area contributed by atoms with Crippen LogP contribution < -0.4 is 4.90 Å². The van der Waals surface area contributed by atoms with Crippen molar-refractivity contribution < 1.29 is 14.4 Å². The normalized spacial score (nSPS) is 24.4. The number of carbonyl (C=O) groups excluding carboxylic acids is 3. The first-order valence-corrected chi connectivity index (χ1v) is 11.9. The van der Waals surface area contributed by atoms with E-state index >= 15 is 0 Å². The molecule has 6 nitrogen and oxygen atoms in total. The summed E-state index contributed by atoms with van der Waals surface area (Å²) in [4.78, 5) is 43.0. The standard InChI is InChI=1S/C28H22ClN3O3/c1-15-7-12-21(16(2)13-15)31-27(34)22-23(28(31)35)25(26(33)17-8-10-19(29)11-9-17)32-24(22)20-6-4-3-5-18(20)14-30-32/h3-14,22-25H,1-2H3/t22-,23+,24?,25-/m0/s1. The number of ketones is 1.